The van der Waals surface area contributed by atoms with E-state index in [-0.39, 0.29) is 6.04 Å². The van der Waals surface area contributed by atoms with E-state index in [1.165, 1.54) is 0 Å². The second kappa shape index (κ2) is 7.44. The van der Waals surface area contributed by atoms with Crippen molar-refractivity contribution in [2.24, 2.45) is 5.73 Å². The Bertz CT molecular complexity index is 422. The van der Waals surface area contributed by atoms with Crippen LogP contribution in [0, 0.1) is 0 Å². The lowest BCUT2D eigenvalue weighted by Gasteiger charge is -2.32. The van der Waals surface area contributed by atoms with Crippen LogP contribution >= 0.6 is 0 Å². The zero-order valence-corrected chi connectivity index (χ0v) is 12.1. The number of rotatable bonds is 6. The third kappa shape index (κ3) is 3.40. The lowest BCUT2D eigenvalue weighted by atomic mass is 10.1. The van der Waals surface area contributed by atoms with Crippen molar-refractivity contribution in [1.82, 2.24) is 10.4 Å². The topological polar surface area (TPSA) is 69.0 Å². The van der Waals surface area contributed by atoms with Crippen LogP contribution in [-0.2, 0) is 4.74 Å². The third-order valence-corrected chi connectivity index (χ3v) is 3.39. The number of hydrogen-bond donors (Lipinski definition) is 2. The molecule has 20 heavy (non-hydrogen) atoms. The smallest absolute Gasteiger partial charge is 0.165 e. The molecule has 0 amide bonds. The first-order chi connectivity index (χ1) is 9.80. The van der Waals surface area contributed by atoms with Crippen LogP contribution in [0.3, 0.4) is 0 Å². The Labute approximate surface area is 119 Å². The van der Waals surface area contributed by atoms with Crippen molar-refractivity contribution in [1.29, 1.82) is 0 Å². The minimum atomic E-state index is -0.0156. The maximum absolute atomic E-state index is 5.92. The summed E-state index contributed by atoms with van der Waals surface area (Å²) >= 11 is 0. The van der Waals surface area contributed by atoms with Crippen molar-refractivity contribution in [2.45, 2.75) is 6.04 Å². The summed E-state index contributed by atoms with van der Waals surface area (Å²) in [5.74, 6) is 1.44. The van der Waals surface area contributed by atoms with Gasteiger partial charge in [-0.25, -0.2) is 10.4 Å². The van der Waals surface area contributed by atoms with Crippen LogP contribution in [0.5, 0.6) is 11.5 Å². The van der Waals surface area contributed by atoms with E-state index < -0.39 is 0 Å². The molecule has 1 heterocycles. The molecular formula is C14H23N3O3. The van der Waals surface area contributed by atoms with Crippen molar-refractivity contribution in [3.05, 3.63) is 23.8 Å². The van der Waals surface area contributed by atoms with E-state index in [4.69, 9.17) is 19.9 Å². The highest BCUT2D eigenvalue weighted by molar-refractivity contribution is 5.48. The van der Waals surface area contributed by atoms with Gasteiger partial charge in [0.15, 0.2) is 11.5 Å². The molecule has 0 spiro atoms. The quantitative estimate of drug-likeness (QED) is 0.793. The summed E-state index contributed by atoms with van der Waals surface area (Å²) < 4.78 is 16.2. The molecule has 0 aromatic heterocycles. The Balaban J connectivity index is 2.17. The fourth-order valence-electron chi connectivity index (χ4n) is 2.35. The van der Waals surface area contributed by atoms with Gasteiger partial charge in [0.25, 0.3) is 0 Å². The Morgan fingerprint density at radius 3 is 2.65 bits per heavy atom. The molecule has 3 N–H and O–H groups in total. The fourth-order valence-corrected chi connectivity index (χ4v) is 2.35. The average Bonchev–Trinajstić information content (AvgIpc) is 2.52. The predicted octanol–water partition coefficient (Wildman–Crippen LogP) is 0.540. The standard InChI is InChI=1S/C14H23N3O3/c1-18-13-5-3-4-11(14(13)19-2)12(10-15)16-17-6-8-20-9-7-17/h3-5,12,16H,6-10,15H2,1-2H3. The minimum absolute atomic E-state index is 0.0156. The number of nitrogens with two attached hydrogens (primary N) is 1. The molecule has 1 aromatic carbocycles. The number of nitrogens with one attached hydrogen (secondary N) is 1. The van der Waals surface area contributed by atoms with E-state index in [1.807, 2.05) is 18.2 Å². The normalized spacial score (nSPS) is 17.8. The third-order valence-electron chi connectivity index (χ3n) is 3.39. The van der Waals surface area contributed by atoms with Gasteiger partial charge in [0.1, 0.15) is 0 Å². The van der Waals surface area contributed by atoms with Gasteiger partial charge in [-0.05, 0) is 6.07 Å². The highest BCUT2D eigenvalue weighted by atomic mass is 16.5. The molecule has 1 fully saturated rings. The highest BCUT2D eigenvalue weighted by Gasteiger charge is 2.21. The van der Waals surface area contributed by atoms with Crippen molar-refractivity contribution < 1.29 is 14.2 Å². The Morgan fingerprint density at radius 1 is 1.30 bits per heavy atom. The maximum atomic E-state index is 5.92. The summed E-state index contributed by atoms with van der Waals surface area (Å²) in [5, 5.41) is 2.14. The highest BCUT2D eigenvalue weighted by Crippen LogP contribution is 2.34. The largest absolute Gasteiger partial charge is 0.493 e. The molecule has 112 valence electrons. The van der Waals surface area contributed by atoms with Crippen LogP contribution in [0.4, 0.5) is 0 Å². The molecule has 6 heteroatoms. The lowest BCUT2D eigenvalue weighted by molar-refractivity contribution is 0.00386. The number of nitrogens with zero attached hydrogens (tertiary/aromatic N) is 1. The predicted molar refractivity (Wildman–Crippen MR) is 76.9 cm³/mol. The van der Waals surface area contributed by atoms with Gasteiger partial charge in [0.2, 0.25) is 0 Å². The van der Waals surface area contributed by atoms with Gasteiger partial charge in [0, 0.05) is 25.2 Å². The Morgan fingerprint density at radius 2 is 2.05 bits per heavy atom. The van der Waals surface area contributed by atoms with Crippen molar-refractivity contribution >= 4 is 0 Å². The molecule has 6 nitrogen and oxygen atoms in total. The fraction of sp³-hybridized carbons (Fsp3) is 0.571. The summed E-state index contributed by atoms with van der Waals surface area (Å²) in [5.41, 5.74) is 10.4. The lowest BCUT2D eigenvalue weighted by Crippen LogP contribution is -2.48. The zero-order chi connectivity index (χ0) is 14.4. The zero-order valence-electron chi connectivity index (χ0n) is 12.1. The van der Waals surface area contributed by atoms with Gasteiger partial charge in [-0.15, -0.1) is 0 Å². The van der Waals surface area contributed by atoms with Gasteiger partial charge >= 0.3 is 0 Å². The molecule has 0 saturated carbocycles. The number of methoxy groups -OCH3 is 2. The van der Waals surface area contributed by atoms with Crippen molar-refractivity contribution in [3.8, 4) is 11.5 Å². The molecule has 1 aromatic rings. The van der Waals surface area contributed by atoms with E-state index in [9.17, 15) is 0 Å². The van der Waals surface area contributed by atoms with Crippen LogP contribution in [0.2, 0.25) is 0 Å². The van der Waals surface area contributed by atoms with E-state index in [1.54, 1.807) is 14.2 Å². The number of benzene rings is 1. The number of hydrazine groups is 1. The number of hydrogen-bond acceptors (Lipinski definition) is 6. The Kier molecular flexibility index (Phi) is 5.60. The first-order valence-electron chi connectivity index (χ1n) is 6.80. The van der Waals surface area contributed by atoms with E-state index in [2.05, 4.69) is 10.4 Å². The van der Waals surface area contributed by atoms with E-state index in [0.717, 1.165) is 37.6 Å². The van der Waals surface area contributed by atoms with Gasteiger partial charge in [-0.1, -0.05) is 12.1 Å². The van der Waals surface area contributed by atoms with Crippen LogP contribution in [0.25, 0.3) is 0 Å². The molecule has 0 radical (unpaired) electrons. The first kappa shape index (κ1) is 15.1. The first-order valence-corrected chi connectivity index (χ1v) is 6.80. The number of morpholine rings is 1. The van der Waals surface area contributed by atoms with Gasteiger partial charge in [-0.3, -0.25) is 0 Å². The average molecular weight is 281 g/mol. The summed E-state index contributed by atoms with van der Waals surface area (Å²) in [6.07, 6.45) is 0. The molecule has 1 aliphatic heterocycles. The van der Waals surface area contributed by atoms with Crippen molar-refractivity contribution in [3.63, 3.8) is 0 Å². The molecule has 0 bridgehead atoms. The van der Waals surface area contributed by atoms with Crippen LogP contribution in [0.15, 0.2) is 18.2 Å². The molecule has 1 unspecified atom stereocenters. The van der Waals surface area contributed by atoms with E-state index in [0.29, 0.717) is 12.3 Å². The van der Waals surface area contributed by atoms with E-state index >= 15 is 0 Å². The summed E-state index contributed by atoms with van der Waals surface area (Å²) in [4.78, 5) is 0. The van der Waals surface area contributed by atoms with Crippen LogP contribution < -0.4 is 20.6 Å². The molecule has 2 rings (SSSR count). The molecular weight excluding hydrogens is 258 g/mol. The number of ether oxygens (including phenoxy) is 3. The Hall–Kier alpha value is -1.34. The van der Waals surface area contributed by atoms with Crippen molar-refractivity contribution in [2.75, 3.05) is 47.1 Å². The molecule has 1 saturated heterocycles. The monoisotopic (exact) mass is 281 g/mol. The maximum Gasteiger partial charge on any atom is 0.165 e. The minimum Gasteiger partial charge on any atom is -0.493 e. The summed E-state index contributed by atoms with van der Waals surface area (Å²) in [7, 11) is 3.28. The van der Waals surface area contributed by atoms with Gasteiger partial charge in [0.05, 0.1) is 33.5 Å². The van der Waals surface area contributed by atoms with Gasteiger partial charge < -0.3 is 19.9 Å². The molecule has 0 aliphatic carbocycles. The summed E-state index contributed by atoms with van der Waals surface area (Å²) in [6, 6.07) is 5.82. The SMILES string of the molecule is COc1cccc(C(CN)NN2CCOCC2)c1OC. The number of para-hydroxylation sites is 1. The summed E-state index contributed by atoms with van der Waals surface area (Å²) in [6.45, 7) is 3.64. The van der Waals surface area contributed by atoms with Crippen LogP contribution in [-0.4, -0.2) is 52.1 Å². The second-order valence-electron chi connectivity index (χ2n) is 4.60. The molecule has 1 atom stereocenters. The van der Waals surface area contributed by atoms with Gasteiger partial charge in [-0.2, -0.15) is 0 Å². The molecule has 1 aliphatic rings. The second-order valence-corrected chi connectivity index (χ2v) is 4.60. The van der Waals surface area contributed by atoms with Crippen LogP contribution in [0.1, 0.15) is 11.6 Å².